The number of hydrogen-bond acceptors (Lipinski definition) is 2. The zero-order chi connectivity index (χ0) is 13.4. The van der Waals surface area contributed by atoms with E-state index in [1.807, 2.05) is 0 Å². The maximum atomic E-state index is 12.2. The lowest BCUT2D eigenvalue weighted by Gasteiger charge is -2.11. The average molecular weight is 258 g/mol. The second-order valence-electron chi connectivity index (χ2n) is 3.08. The fourth-order valence-electron chi connectivity index (χ4n) is 1.36. The first kappa shape index (κ1) is 13.8. The summed E-state index contributed by atoms with van der Waals surface area (Å²) >= 11 is 0. The number of halogens is 6. The standard InChI is InChI=1S/C8H2F6.BH3O2/c9-7(10,11)5-2-3-1-4(3)6(5)8(12,13)14;2-1-3/h1-2H;1-3H. The molecule has 0 radical (unpaired) electrons. The quantitative estimate of drug-likeness (QED) is 0.560. The van der Waals surface area contributed by atoms with Crippen LogP contribution in [-0.2, 0) is 12.4 Å². The fraction of sp³-hybridized carbons (Fsp3) is 0.250. The Hall–Kier alpha value is -1.22. The number of rotatable bonds is 0. The molecule has 0 fully saturated rings. The maximum absolute atomic E-state index is 12.2. The second kappa shape index (κ2) is 4.23. The van der Waals surface area contributed by atoms with Gasteiger partial charge in [-0.15, -0.1) is 0 Å². The van der Waals surface area contributed by atoms with Crippen LogP contribution in [0.1, 0.15) is 11.1 Å². The molecular formula is C8H5BF6O2. The normalized spacial score (nSPS) is 12.7. The molecule has 0 amide bonds. The highest BCUT2D eigenvalue weighted by Crippen LogP contribution is 2.53. The summed E-state index contributed by atoms with van der Waals surface area (Å²) in [6.07, 6.45) is -9.88. The van der Waals surface area contributed by atoms with Gasteiger partial charge in [-0.2, -0.15) is 26.3 Å². The fourth-order valence-corrected chi connectivity index (χ4v) is 1.36. The van der Waals surface area contributed by atoms with Gasteiger partial charge >= 0.3 is 20.0 Å². The molecule has 0 aromatic heterocycles. The Labute approximate surface area is 91.8 Å². The SMILES string of the molecule is FC(F)(F)c1cc2cc-2c1C(F)(F)F.OBO. The molecule has 0 unspecified atom stereocenters. The van der Waals surface area contributed by atoms with Gasteiger partial charge in [-0.1, -0.05) is 0 Å². The monoisotopic (exact) mass is 258 g/mol. The van der Waals surface area contributed by atoms with E-state index in [0.29, 0.717) is 6.07 Å². The van der Waals surface area contributed by atoms with Crippen molar-refractivity contribution >= 4 is 7.69 Å². The summed E-state index contributed by atoms with van der Waals surface area (Å²) in [5.41, 5.74) is -3.44. The molecule has 0 atom stereocenters. The van der Waals surface area contributed by atoms with Crippen molar-refractivity contribution in [1.82, 2.24) is 0 Å². The Morgan fingerprint density at radius 3 is 1.65 bits per heavy atom. The molecule has 17 heavy (non-hydrogen) atoms. The molecule has 0 saturated carbocycles. The first-order valence-electron chi connectivity index (χ1n) is 4.17. The Morgan fingerprint density at radius 1 is 0.882 bits per heavy atom. The molecule has 2 aliphatic carbocycles. The van der Waals surface area contributed by atoms with E-state index in [-0.39, 0.29) is 11.1 Å². The topological polar surface area (TPSA) is 40.5 Å². The van der Waals surface area contributed by atoms with Crippen molar-refractivity contribution in [3.63, 3.8) is 0 Å². The lowest BCUT2D eigenvalue weighted by Crippen LogP contribution is -2.14. The summed E-state index contributed by atoms with van der Waals surface area (Å²) < 4.78 is 72.9. The van der Waals surface area contributed by atoms with E-state index in [0.717, 1.165) is 6.07 Å². The lowest BCUT2D eigenvalue weighted by molar-refractivity contribution is -0.161. The van der Waals surface area contributed by atoms with Crippen molar-refractivity contribution in [3.05, 3.63) is 23.3 Å². The van der Waals surface area contributed by atoms with E-state index in [2.05, 4.69) is 0 Å². The van der Waals surface area contributed by atoms with Crippen LogP contribution in [0, 0.1) is 0 Å². The zero-order valence-corrected chi connectivity index (χ0v) is 8.02. The first-order valence-corrected chi connectivity index (χ1v) is 4.17. The van der Waals surface area contributed by atoms with Gasteiger partial charge in [0.15, 0.2) is 0 Å². The van der Waals surface area contributed by atoms with Crippen LogP contribution in [0.25, 0.3) is 11.1 Å². The molecule has 2 nitrogen and oxygen atoms in total. The number of fused-ring (bicyclic) bond motifs is 1. The largest absolute Gasteiger partial charge is 0.432 e. The van der Waals surface area contributed by atoms with Crippen molar-refractivity contribution in [1.29, 1.82) is 0 Å². The Morgan fingerprint density at radius 2 is 1.35 bits per heavy atom. The van der Waals surface area contributed by atoms with E-state index in [1.54, 1.807) is 0 Å². The molecule has 0 saturated heterocycles. The van der Waals surface area contributed by atoms with Crippen molar-refractivity contribution in [2.75, 3.05) is 0 Å². The number of hydrogen-bond donors (Lipinski definition) is 2. The van der Waals surface area contributed by atoms with Crippen molar-refractivity contribution in [2.24, 2.45) is 0 Å². The molecule has 2 aliphatic rings. The van der Waals surface area contributed by atoms with Gasteiger partial charge in [0.1, 0.15) is 0 Å². The summed E-state index contributed by atoms with van der Waals surface area (Å²) in [5.74, 6) is 0. The van der Waals surface area contributed by atoms with E-state index in [4.69, 9.17) is 10.0 Å². The molecule has 0 aliphatic heterocycles. The van der Waals surface area contributed by atoms with Crippen molar-refractivity contribution in [2.45, 2.75) is 12.4 Å². The van der Waals surface area contributed by atoms with Gasteiger partial charge in [0.25, 0.3) is 0 Å². The molecule has 0 aromatic rings. The van der Waals surface area contributed by atoms with Crippen LogP contribution in [0.3, 0.4) is 0 Å². The van der Waals surface area contributed by atoms with E-state index in [9.17, 15) is 26.3 Å². The number of alkyl halides is 6. The van der Waals surface area contributed by atoms with Crippen LogP contribution >= 0.6 is 0 Å². The maximum Gasteiger partial charge on any atom is 0.432 e. The lowest BCUT2D eigenvalue weighted by atomic mass is 10.1. The zero-order valence-electron chi connectivity index (χ0n) is 8.02. The highest BCUT2D eigenvalue weighted by Gasteiger charge is 2.48. The summed E-state index contributed by atoms with van der Waals surface area (Å²) in [7, 11) is -0.750. The predicted molar refractivity (Wildman–Crippen MR) is 47.0 cm³/mol. The van der Waals surface area contributed by atoms with Crippen LogP contribution in [0.4, 0.5) is 26.3 Å². The third kappa shape index (κ3) is 2.92. The van der Waals surface area contributed by atoms with Gasteiger partial charge in [-0.25, -0.2) is 0 Å². The summed E-state index contributed by atoms with van der Waals surface area (Å²) in [4.78, 5) is 0. The van der Waals surface area contributed by atoms with Crippen LogP contribution in [0.5, 0.6) is 0 Å². The van der Waals surface area contributed by atoms with Gasteiger partial charge in [0.05, 0.1) is 11.1 Å². The van der Waals surface area contributed by atoms with Gasteiger partial charge in [-0.3, -0.25) is 0 Å². The summed E-state index contributed by atoms with van der Waals surface area (Å²) in [5, 5.41) is 14.2. The minimum atomic E-state index is -4.94. The van der Waals surface area contributed by atoms with E-state index < -0.39 is 31.2 Å². The van der Waals surface area contributed by atoms with Gasteiger partial charge in [0, 0.05) is 0 Å². The molecule has 0 spiro atoms. The van der Waals surface area contributed by atoms with Crippen LogP contribution < -0.4 is 0 Å². The molecule has 94 valence electrons. The molecule has 0 heterocycles. The third-order valence-electron chi connectivity index (χ3n) is 1.95. The van der Waals surface area contributed by atoms with Gasteiger partial charge < -0.3 is 10.0 Å². The second-order valence-corrected chi connectivity index (χ2v) is 3.08. The Kier molecular flexibility index (Phi) is 3.44. The van der Waals surface area contributed by atoms with Gasteiger partial charge in [0.2, 0.25) is 0 Å². The molecule has 0 bridgehead atoms. The molecular weight excluding hydrogens is 253 g/mol. The van der Waals surface area contributed by atoms with Crippen LogP contribution in [-0.4, -0.2) is 17.7 Å². The minimum Gasteiger partial charge on any atom is -0.430 e. The predicted octanol–water partition coefficient (Wildman–Crippen LogP) is 1.94. The molecule has 2 rings (SSSR count). The van der Waals surface area contributed by atoms with E-state index >= 15 is 0 Å². The molecule has 9 heteroatoms. The summed E-state index contributed by atoms with van der Waals surface area (Å²) in [6, 6.07) is 1.61. The Bertz CT molecular complexity index is 425. The smallest absolute Gasteiger partial charge is 0.430 e. The highest BCUT2D eigenvalue weighted by atomic mass is 19.4. The number of benzene rings is 1. The van der Waals surface area contributed by atoms with Crippen molar-refractivity contribution in [3.8, 4) is 11.1 Å². The first-order chi connectivity index (χ1) is 7.62. The highest BCUT2D eigenvalue weighted by molar-refractivity contribution is 6.13. The van der Waals surface area contributed by atoms with Crippen LogP contribution in [0.15, 0.2) is 12.1 Å². The Balaban J connectivity index is 0.000000437. The van der Waals surface area contributed by atoms with Crippen LogP contribution in [0.2, 0.25) is 0 Å². The average Bonchev–Trinajstić information content (AvgIpc) is 2.73. The third-order valence-corrected chi connectivity index (χ3v) is 1.95. The molecule has 2 N–H and O–H groups in total. The van der Waals surface area contributed by atoms with Gasteiger partial charge in [-0.05, 0) is 23.3 Å². The molecule has 0 aromatic carbocycles. The van der Waals surface area contributed by atoms with Crippen molar-refractivity contribution < 1.29 is 36.4 Å². The summed E-state index contributed by atoms with van der Waals surface area (Å²) in [6.45, 7) is 0. The van der Waals surface area contributed by atoms with E-state index in [1.165, 1.54) is 0 Å². The minimum absolute atomic E-state index is 0.0321.